The van der Waals surface area contributed by atoms with Gasteiger partial charge in [0, 0.05) is 18.5 Å². The molecule has 2 heterocycles. The van der Waals surface area contributed by atoms with Crippen molar-refractivity contribution >= 4 is 33.1 Å². The summed E-state index contributed by atoms with van der Waals surface area (Å²) in [6.07, 6.45) is 0. The molecule has 6 heteroatoms. The lowest BCUT2D eigenvalue weighted by atomic mass is 10.4. The Kier molecular flexibility index (Phi) is 3.73. The molecular formula is C11H13BrN4S. The SMILES string of the molecule is Cc1nc(Br)cc(N(C)Cc2csc(C)n2)n1. The van der Waals surface area contributed by atoms with Crippen molar-refractivity contribution in [3.63, 3.8) is 0 Å². The summed E-state index contributed by atoms with van der Waals surface area (Å²) in [6, 6.07) is 1.91. The monoisotopic (exact) mass is 312 g/mol. The molecule has 17 heavy (non-hydrogen) atoms. The Morgan fingerprint density at radius 1 is 1.29 bits per heavy atom. The molecule has 2 rings (SSSR count). The third-order valence-electron chi connectivity index (χ3n) is 2.25. The van der Waals surface area contributed by atoms with Crippen molar-refractivity contribution in [3.05, 3.63) is 32.6 Å². The molecule has 90 valence electrons. The van der Waals surface area contributed by atoms with Gasteiger partial charge in [-0.2, -0.15) is 0 Å². The van der Waals surface area contributed by atoms with Crippen LogP contribution in [0, 0.1) is 13.8 Å². The zero-order valence-corrected chi connectivity index (χ0v) is 12.3. The van der Waals surface area contributed by atoms with Gasteiger partial charge in [-0.25, -0.2) is 15.0 Å². The fraction of sp³-hybridized carbons (Fsp3) is 0.364. The molecule has 4 nitrogen and oxygen atoms in total. The molecule has 0 saturated carbocycles. The molecule has 0 bridgehead atoms. The molecule has 0 spiro atoms. The van der Waals surface area contributed by atoms with Gasteiger partial charge < -0.3 is 4.90 Å². The Morgan fingerprint density at radius 3 is 2.65 bits per heavy atom. The molecule has 0 aliphatic rings. The first-order valence-corrected chi connectivity index (χ1v) is 6.85. The minimum absolute atomic E-state index is 0.757. The highest BCUT2D eigenvalue weighted by Crippen LogP contribution is 2.18. The first-order chi connectivity index (χ1) is 8.04. The number of halogens is 1. The van der Waals surface area contributed by atoms with Crippen LogP contribution < -0.4 is 4.90 Å². The van der Waals surface area contributed by atoms with Gasteiger partial charge in [-0.3, -0.25) is 0 Å². The quantitative estimate of drug-likeness (QED) is 0.817. The second-order valence-corrected chi connectivity index (χ2v) is 5.68. The van der Waals surface area contributed by atoms with E-state index in [1.807, 2.05) is 27.0 Å². The topological polar surface area (TPSA) is 41.9 Å². The lowest BCUT2D eigenvalue weighted by Gasteiger charge is -2.17. The number of nitrogens with zero attached hydrogens (tertiary/aromatic N) is 4. The lowest BCUT2D eigenvalue weighted by Crippen LogP contribution is -2.18. The third-order valence-corrected chi connectivity index (χ3v) is 3.48. The molecule has 0 radical (unpaired) electrons. The van der Waals surface area contributed by atoms with E-state index in [1.54, 1.807) is 11.3 Å². The maximum absolute atomic E-state index is 4.44. The smallest absolute Gasteiger partial charge is 0.133 e. The molecule has 0 fully saturated rings. The summed E-state index contributed by atoms with van der Waals surface area (Å²) in [5.74, 6) is 1.66. The minimum Gasteiger partial charge on any atom is -0.354 e. The normalized spacial score (nSPS) is 10.6. The maximum Gasteiger partial charge on any atom is 0.133 e. The van der Waals surface area contributed by atoms with Crippen molar-refractivity contribution in [1.29, 1.82) is 0 Å². The standard InChI is InChI=1S/C11H13BrN4S/c1-7-13-10(12)4-11(14-7)16(3)5-9-6-17-8(2)15-9/h4,6H,5H2,1-3H3. The van der Waals surface area contributed by atoms with E-state index in [-0.39, 0.29) is 0 Å². The van der Waals surface area contributed by atoms with E-state index in [9.17, 15) is 0 Å². The van der Waals surface area contributed by atoms with Gasteiger partial charge in [-0.1, -0.05) is 0 Å². The fourth-order valence-corrected chi connectivity index (χ4v) is 2.58. The predicted molar refractivity (Wildman–Crippen MR) is 73.4 cm³/mol. The van der Waals surface area contributed by atoms with E-state index in [1.165, 1.54) is 0 Å². The second-order valence-electron chi connectivity index (χ2n) is 3.81. The molecule has 2 aromatic rings. The van der Waals surface area contributed by atoms with Crippen LogP contribution in [-0.2, 0) is 6.54 Å². The van der Waals surface area contributed by atoms with E-state index in [2.05, 4.69) is 41.2 Å². The number of anilines is 1. The van der Waals surface area contributed by atoms with Crippen molar-refractivity contribution in [1.82, 2.24) is 15.0 Å². The summed E-state index contributed by atoms with van der Waals surface area (Å²) in [5, 5.41) is 3.17. The van der Waals surface area contributed by atoms with E-state index >= 15 is 0 Å². The molecule has 0 saturated heterocycles. The van der Waals surface area contributed by atoms with E-state index in [0.717, 1.165) is 33.5 Å². The van der Waals surface area contributed by atoms with Gasteiger partial charge in [-0.05, 0) is 29.8 Å². The summed E-state index contributed by atoms with van der Waals surface area (Å²) in [5.41, 5.74) is 1.07. The van der Waals surface area contributed by atoms with Crippen molar-refractivity contribution in [3.8, 4) is 0 Å². The molecule has 0 amide bonds. The van der Waals surface area contributed by atoms with Crippen LogP contribution in [-0.4, -0.2) is 22.0 Å². The molecule has 0 atom stereocenters. The van der Waals surface area contributed by atoms with Gasteiger partial charge >= 0.3 is 0 Å². The summed E-state index contributed by atoms with van der Waals surface area (Å²) in [6.45, 7) is 4.65. The van der Waals surface area contributed by atoms with Gasteiger partial charge in [0.25, 0.3) is 0 Å². The molecule has 0 unspecified atom stereocenters. The van der Waals surface area contributed by atoms with Crippen molar-refractivity contribution in [2.24, 2.45) is 0 Å². The summed E-state index contributed by atoms with van der Waals surface area (Å²) in [7, 11) is 2.00. The van der Waals surface area contributed by atoms with Crippen LogP contribution in [0.2, 0.25) is 0 Å². The van der Waals surface area contributed by atoms with Crippen LogP contribution in [0.3, 0.4) is 0 Å². The van der Waals surface area contributed by atoms with Crippen LogP contribution >= 0.6 is 27.3 Å². The maximum atomic E-state index is 4.44. The fourth-order valence-electron chi connectivity index (χ4n) is 1.52. The molecule has 0 aromatic carbocycles. The Balaban J connectivity index is 2.16. The Hall–Kier alpha value is -1.01. The highest BCUT2D eigenvalue weighted by atomic mass is 79.9. The highest BCUT2D eigenvalue weighted by molar-refractivity contribution is 9.10. The highest BCUT2D eigenvalue weighted by Gasteiger charge is 2.08. The van der Waals surface area contributed by atoms with E-state index in [0.29, 0.717) is 0 Å². The largest absolute Gasteiger partial charge is 0.354 e. The molecule has 0 aliphatic heterocycles. The average molecular weight is 313 g/mol. The summed E-state index contributed by atoms with van der Waals surface area (Å²) in [4.78, 5) is 15.1. The minimum atomic E-state index is 0.757. The number of aromatic nitrogens is 3. The number of thiazole rings is 1. The predicted octanol–water partition coefficient (Wildman–Crippen LogP) is 2.95. The van der Waals surface area contributed by atoms with E-state index in [4.69, 9.17) is 0 Å². The summed E-state index contributed by atoms with van der Waals surface area (Å²) < 4.78 is 0.807. The number of aryl methyl sites for hydroxylation is 2. The van der Waals surface area contributed by atoms with Gasteiger partial charge in [0.05, 0.1) is 17.2 Å². The van der Waals surface area contributed by atoms with Crippen LogP contribution in [0.1, 0.15) is 16.5 Å². The van der Waals surface area contributed by atoms with Crippen molar-refractivity contribution in [2.45, 2.75) is 20.4 Å². The number of hydrogen-bond acceptors (Lipinski definition) is 5. The first kappa shape index (κ1) is 12.4. The van der Waals surface area contributed by atoms with Crippen LogP contribution in [0.5, 0.6) is 0 Å². The van der Waals surface area contributed by atoms with E-state index < -0.39 is 0 Å². The second kappa shape index (κ2) is 5.10. The Labute approximate surface area is 113 Å². The molecule has 2 aromatic heterocycles. The zero-order valence-electron chi connectivity index (χ0n) is 9.94. The average Bonchev–Trinajstić information content (AvgIpc) is 2.62. The van der Waals surface area contributed by atoms with Gasteiger partial charge in [0.15, 0.2) is 0 Å². The number of rotatable bonds is 3. The molecular weight excluding hydrogens is 300 g/mol. The van der Waals surface area contributed by atoms with Gasteiger partial charge in [0.1, 0.15) is 16.2 Å². The number of hydrogen-bond donors (Lipinski definition) is 0. The van der Waals surface area contributed by atoms with Crippen LogP contribution in [0.25, 0.3) is 0 Å². The first-order valence-electron chi connectivity index (χ1n) is 5.18. The molecule has 0 aliphatic carbocycles. The third kappa shape index (κ3) is 3.23. The van der Waals surface area contributed by atoms with Crippen LogP contribution in [0.15, 0.2) is 16.0 Å². The Bertz CT molecular complexity index is 506. The van der Waals surface area contributed by atoms with Crippen LogP contribution in [0.4, 0.5) is 5.82 Å². The Morgan fingerprint density at radius 2 is 2.06 bits per heavy atom. The van der Waals surface area contributed by atoms with Crippen molar-refractivity contribution in [2.75, 3.05) is 11.9 Å². The lowest BCUT2D eigenvalue weighted by molar-refractivity contribution is 0.854. The van der Waals surface area contributed by atoms with Crippen molar-refractivity contribution < 1.29 is 0 Å². The van der Waals surface area contributed by atoms with Gasteiger partial charge in [0.2, 0.25) is 0 Å². The zero-order chi connectivity index (χ0) is 12.4. The molecule has 0 N–H and O–H groups in total. The van der Waals surface area contributed by atoms with Gasteiger partial charge in [-0.15, -0.1) is 11.3 Å². The summed E-state index contributed by atoms with van der Waals surface area (Å²) >= 11 is 5.05.